The van der Waals surface area contributed by atoms with Gasteiger partial charge in [0.05, 0.1) is 15.1 Å². The molecule has 0 heterocycles. The van der Waals surface area contributed by atoms with E-state index in [1.807, 2.05) is 6.92 Å². The Kier molecular flexibility index (Phi) is 4.25. The minimum Gasteiger partial charge on any atom is -0.398 e. The molecule has 0 aliphatic heterocycles. The van der Waals surface area contributed by atoms with Gasteiger partial charge in [-0.25, -0.2) is 12.8 Å². The van der Waals surface area contributed by atoms with Gasteiger partial charge in [-0.15, -0.1) is 0 Å². The lowest BCUT2D eigenvalue weighted by molar-refractivity contribution is 0.601. The van der Waals surface area contributed by atoms with Gasteiger partial charge in [0.1, 0.15) is 5.82 Å². The molecule has 0 spiro atoms. The third kappa shape index (κ3) is 3.36. The van der Waals surface area contributed by atoms with E-state index in [-0.39, 0.29) is 15.1 Å². The lowest BCUT2D eigenvalue weighted by Gasteiger charge is -2.12. The highest BCUT2D eigenvalue weighted by molar-refractivity contribution is 9.10. The third-order valence-electron chi connectivity index (χ3n) is 3.16. The van der Waals surface area contributed by atoms with Gasteiger partial charge in [0.2, 0.25) is 0 Å². The van der Waals surface area contributed by atoms with Gasteiger partial charge < -0.3 is 5.73 Å². The van der Waals surface area contributed by atoms with Crippen molar-refractivity contribution >= 4 is 37.3 Å². The monoisotopic (exact) mass is 372 g/mol. The van der Waals surface area contributed by atoms with Crippen molar-refractivity contribution in [3.63, 3.8) is 0 Å². The second-order valence-corrected chi connectivity index (χ2v) is 7.23. The van der Waals surface area contributed by atoms with Crippen LogP contribution in [-0.4, -0.2) is 8.42 Å². The zero-order valence-corrected chi connectivity index (χ0v) is 13.8. The lowest BCUT2D eigenvalue weighted by atomic mass is 10.1. The summed E-state index contributed by atoms with van der Waals surface area (Å²) >= 11 is 3.01. The molecule has 3 N–H and O–H groups in total. The van der Waals surface area contributed by atoms with Gasteiger partial charge in [-0.05, 0) is 71.2 Å². The first-order valence-corrected chi connectivity index (χ1v) is 8.33. The van der Waals surface area contributed by atoms with Crippen LogP contribution in [0.1, 0.15) is 11.1 Å². The number of sulfonamides is 1. The summed E-state index contributed by atoms with van der Waals surface area (Å²) in [5.74, 6) is -0.546. The first-order chi connectivity index (χ1) is 9.70. The molecule has 2 aromatic rings. The number of halogens is 2. The molecule has 0 radical (unpaired) electrons. The van der Waals surface area contributed by atoms with Gasteiger partial charge in [0.15, 0.2) is 0 Å². The maximum Gasteiger partial charge on any atom is 0.261 e. The van der Waals surface area contributed by atoms with Crippen molar-refractivity contribution in [2.45, 2.75) is 18.7 Å². The van der Waals surface area contributed by atoms with Crippen LogP contribution >= 0.6 is 15.9 Å². The maximum atomic E-state index is 13.4. The summed E-state index contributed by atoms with van der Waals surface area (Å²) in [6.45, 7) is 3.60. The van der Waals surface area contributed by atoms with Crippen LogP contribution in [0.4, 0.5) is 15.8 Å². The molecule has 2 aromatic carbocycles. The SMILES string of the molecule is Cc1cc(S(=O)(=O)Nc2ccc(Br)c(F)c2)cc(N)c1C. The molecular weight excluding hydrogens is 359 g/mol. The molecular formula is C14H14BrFN2O2S. The van der Waals surface area contributed by atoms with Crippen molar-refractivity contribution in [1.82, 2.24) is 0 Å². The van der Waals surface area contributed by atoms with E-state index < -0.39 is 15.8 Å². The van der Waals surface area contributed by atoms with Crippen molar-refractivity contribution in [3.8, 4) is 0 Å². The van der Waals surface area contributed by atoms with E-state index in [9.17, 15) is 12.8 Å². The lowest BCUT2D eigenvalue weighted by Crippen LogP contribution is -2.14. The van der Waals surface area contributed by atoms with Gasteiger partial charge in [-0.3, -0.25) is 4.72 Å². The Bertz CT molecular complexity index is 784. The van der Waals surface area contributed by atoms with Crippen molar-refractivity contribution < 1.29 is 12.8 Å². The molecule has 2 rings (SSSR count). The molecule has 0 aromatic heterocycles. The number of anilines is 2. The molecule has 0 aliphatic carbocycles. The van der Waals surface area contributed by atoms with Crippen LogP contribution in [0.2, 0.25) is 0 Å². The van der Waals surface area contributed by atoms with E-state index >= 15 is 0 Å². The van der Waals surface area contributed by atoms with Gasteiger partial charge in [-0.1, -0.05) is 0 Å². The van der Waals surface area contributed by atoms with Gasteiger partial charge in [0, 0.05) is 5.69 Å². The third-order valence-corrected chi connectivity index (χ3v) is 5.17. The van der Waals surface area contributed by atoms with Crippen molar-refractivity contribution in [2.24, 2.45) is 0 Å². The van der Waals surface area contributed by atoms with Crippen molar-refractivity contribution in [1.29, 1.82) is 0 Å². The number of nitrogen functional groups attached to an aromatic ring is 1. The number of hydrogen-bond donors (Lipinski definition) is 2. The molecule has 4 nitrogen and oxygen atoms in total. The Morgan fingerprint density at radius 2 is 1.86 bits per heavy atom. The van der Waals surface area contributed by atoms with Gasteiger partial charge in [0.25, 0.3) is 10.0 Å². The average molecular weight is 373 g/mol. The zero-order chi connectivity index (χ0) is 15.8. The number of hydrogen-bond acceptors (Lipinski definition) is 3. The van der Waals surface area contributed by atoms with E-state index in [2.05, 4.69) is 20.7 Å². The van der Waals surface area contributed by atoms with Crippen LogP contribution in [0.25, 0.3) is 0 Å². The molecule has 112 valence electrons. The minimum absolute atomic E-state index is 0.0476. The maximum absolute atomic E-state index is 13.4. The molecule has 0 amide bonds. The van der Waals surface area contributed by atoms with Crippen LogP contribution in [0, 0.1) is 19.7 Å². The summed E-state index contributed by atoms with van der Waals surface area (Å²) in [7, 11) is -3.82. The highest BCUT2D eigenvalue weighted by Crippen LogP contribution is 2.25. The topological polar surface area (TPSA) is 72.2 Å². The Morgan fingerprint density at radius 3 is 2.43 bits per heavy atom. The Labute approximate surface area is 131 Å². The Morgan fingerprint density at radius 1 is 1.19 bits per heavy atom. The summed E-state index contributed by atoms with van der Waals surface area (Å²) < 4.78 is 40.7. The molecule has 7 heteroatoms. The molecule has 0 bridgehead atoms. The van der Waals surface area contributed by atoms with Crippen LogP contribution < -0.4 is 10.5 Å². The largest absolute Gasteiger partial charge is 0.398 e. The van der Waals surface area contributed by atoms with Crippen molar-refractivity contribution in [3.05, 3.63) is 51.7 Å². The molecule has 0 unspecified atom stereocenters. The normalized spacial score (nSPS) is 11.4. The summed E-state index contributed by atoms with van der Waals surface area (Å²) in [5, 5.41) is 0. The number of aryl methyl sites for hydroxylation is 1. The first kappa shape index (κ1) is 15.8. The summed E-state index contributed by atoms with van der Waals surface area (Å²) in [6, 6.07) is 6.92. The Balaban J connectivity index is 2.40. The predicted octanol–water partition coefficient (Wildman–Crippen LogP) is 3.59. The number of benzene rings is 2. The van der Waals surface area contributed by atoms with E-state index in [1.54, 1.807) is 6.92 Å². The summed E-state index contributed by atoms with van der Waals surface area (Å²) in [5.41, 5.74) is 7.96. The summed E-state index contributed by atoms with van der Waals surface area (Å²) in [6.07, 6.45) is 0. The van der Waals surface area contributed by atoms with E-state index in [0.717, 1.165) is 17.2 Å². The zero-order valence-electron chi connectivity index (χ0n) is 11.4. The highest BCUT2D eigenvalue weighted by atomic mass is 79.9. The standard InChI is InChI=1S/C14H14BrFN2O2S/c1-8-5-11(7-14(17)9(8)2)21(19,20)18-10-3-4-12(15)13(16)6-10/h3-7,18H,17H2,1-2H3. The highest BCUT2D eigenvalue weighted by Gasteiger charge is 2.17. The van der Waals surface area contributed by atoms with E-state index in [4.69, 9.17) is 5.73 Å². The summed E-state index contributed by atoms with van der Waals surface area (Å²) in [4.78, 5) is 0.0476. The van der Waals surface area contributed by atoms with Gasteiger partial charge in [-0.2, -0.15) is 0 Å². The molecule has 21 heavy (non-hydrogen) atoms. The molecule has 0 saturated carbocycles. The van der Waals surface area contributed by atoms with E-state index in [1.165, 1.54) is 24.3 Å². The quantitative estimate of drug-likeness (QED) is 0.808. The van der Waals surface area contributed by atoms with Crippen LogP contribution in [0.3, 0.4) is 0 Å². The van der Waals surface area contributed by atoms with Crippen LogP contribution in [0.5, 0.6) is 0 Å². The molecule has 0 fully saturated rings. The van der Waals surface area contributed by atoms with Crippen molar-refractivity contribution in [2.75, 3.05) is 10.5 Å². The Hall–Kier alpha value is -1.60. The van der Waals surface area contributed by atoms with Crippen LogP contribution in [0.15, 0.2) is 39.7 Å². The minimum atomic E-state index is -3.82. The number of nitrogens with one attached hydrogen (secondary N) is 1. The van der Waals surface area contributed by atoms with E-state index in [0.29, 0.717) is 5.69 Å². The molecule has 0 aliphatic rings. The van der Waals surface area contributed by atoms with Crippen LogP contribution in [-0.2, 0) is 10.0 Å². The van der Waals surface area contributed by atoms with Gasteiger partial charge >= 0.3 is 0 Å². The number of rotatable bonds is 3. The molecule has 0 saturated heterocycles. The second-order valence-electron chi connectivity index (χ2n) is 4.69. The average Bonchev–Trinajstić information content (AvgIpc) is 2.39. The second kappa shape index (κ2) is 5.65. The molecule has 0 atom stereocenters. The smallest absolute Gasteiger partial charge is 0.261 e. The first-order valence-electron chi connectivity index (χ1n) is 6.05. The predicted molar refractivity (Wildman–Crippen MR) is 85.2 cm³/mol. The fourth-order valence-corrected chi connectivity index (χ4v) is 3.20. The fraction of sp³-hybridized carbons (Fsp3) is 0.143. The fourth-order valence-electron chi connectivity index (χ4n) is 1.78. The number of nitrogens with two attached hydrogens (primary N) is 1.